The monoisotopic (exact) mass is 183 g/mol. The fourth-order valence-corrected chi connectivity index (χ4v) is 1.05. The molecule has 3 nitrogen and oxygen atoms in total. The molecule has 4 N–H and O–H groups in total. The van der Waals surface area contributed by atoms with Crippen LogP contribution in [0.1, 0.15) is 25.6 Å². The number of alkyl halides is 1. The zero-order valence-electron chi connectivity index (χ0n) is 7.79. The number of nitrogen functional groups attached to an aromatic ring is 1. The molecule has 1 rings (SSSR count). The summed E-state index contributed by atoms with van der Waals surface area (Å²) in [5, 5.41) is 0. The number of nitrogens with zero attached hydrogens (tertiary/aromatic N) is 1. The fourth-order valence-electron chi connectivity index (χ4n) is 1.05. The molecule has 0 radical (unpaired) electrons. The highest BCUT2D eigenvalue weighted by atomic mass is 19.1. The molecule has 1 unspecified atom stereocenters. The van der Waals surface area contributed by atoms with Gasteiger partial charge in [-0.25, -0.2) is 9.37 Å². The van der Waals surface area contributed by atoms with Gasteiger partial charge >= 0.3 is 0 Å². The average molecular weight is 183 g/mol. The lowest BCUT2D eigenvalue weighted by Crippen LogP contribution is -2.37. The number of nitrogens with two attached hydrogens (primary N) is 2. The molecule has 0 fully saturated rings. The van der Waals surface area contributed by atoms with Crippen molar-refractivity contribution >= 4 is 5.82 Å². The van der Waals surface area contributed by atoms with E-state index < -0.39 is 11.7 Å². The Labute approximate surface area is 77.0 Å². The summed E-state index contributed by atoms with van der Waals surface area (Å²) in [7, 11) is 0. The van der Waals surface area contributed by atoms with Crippen LogP contribution in [0.3, 0.4) is 0 Å². The molecule has 0 aliphatic rings. The summed E-state index contributed by atoms with van der Waals surface area (Å²) in [6, 6.07) is 3.24. The largest absolute Gasteiger partial charge is 0.383 e. The molecule has 0 aliphatic heterocycles. The summed E-state index contributed by atoms with van der Waals surface area (Å²) >= 11 is 0. The van der Waals surface area contributed by atoms with Crippen molar-refractivity contribution in [2.45, 2.75) is 25.6 Å². The molecule has 13 heavy (non-hydrogen) atoms. The lowest BCUT2D eigenvalue weighted by Gasteiger charge is -2.24. The van der Waals surface area contributed by atoms with Crippen molar-refractivity contribution in [3.05, 3.63) is 23.9 Å². The smallest absolute Gasteiger partial charge is 0.146 e. The van der Waals surface area contributed by atoms with Crippen LogP contribution < -0.4 is 11.5 Å². The fraction of sp³-hybridized carbons (Fsp3) is 0.444. The molecule has 1 aromatic heterocycles. The molecule has 0 aromatic carbocycles. The van der Waals surface area contributed by atoms with Crippen LogP contribution in [0.4, 0.5) is 10.2 Å². The maximum atomic E-state index is 13.7. The normalized spacial score (nSPS) is 14.2. The number of pyridine rings is 1. The Morgan fingerprint density at radius 2 is 2.15 bits per heavy atom. The second-order valence-electron chi connectivity index (χ2n) is 3.66. The molecule has 0 amide bonds. The number of hydrogen-bond acceptors (Lipinski definition) is 3. The number of hydrogen-bond donors (Lipinski definition) is 2. The summed E-state index contributed by atoms with van der Waals surface area (Å²) in [4.78, 5) is 3.80. The van der Waals surface area contributed by atoms with E-state index in [1.807, 2.05) is 0 Å². The predicted octanol–water partition coefficient (Wildman–Crippen LogP) is 1.41. The van der Waals surface area contributed by atoms with Crippen LogP contribution in [0, 0.1) is 0 Å². The Balaban J connectivity index is 3.02. The van der Waals surface area contributed by atoms with Crippen LogP contribution in [0.15, 0.2) is 18.3 Å². The number of rotatable bonds is 2. The first-order chi connectivity index (χ1) is 5.93. The molecule has 72 valence electrons. The third-order valence-corrected chi connectivity index (χ3v) is 1.80. The Bertz CT molecular complexity index is 293. The molecule has 1 atom stereocenters. The topological polar surface area (TPSA) is 64.9 Å². The van der Waals surface area contributed by atoms with Gasteiger partial charge in [-0.15, -0.1) is 0 Å². The maximum Gasteiger partial charge on any atom is 0.146 e. The van der Waals surface area contributed by atoms with Crippen LogP contribution in [0.2, 0.25) is 0 Å². The Kier molecular flexibility index (Phi) is 2.52. The van der Waals surface area contributed by atoms with Gasteiger partial charge in [0.15, 0.2) is 0 Å². The zero-order chi connectivity index (χ0) is 10.1. The minimum atomic E-state index is -1.29. The summed E-state index contributed by atoms with van der Waals surface area (Å²) < 4.78 is 13.7. The van der Waals surface area contributed by atoms with Crippen LogP contribution in [0.25, 0.3) is 0 Å². The van der Waals surface area contributed by atoms with Gasteiger partial charge in [-0.1, -0.05) is 6.07 Å². The van der Waals surface area contributed by atoms with Crippen LogP contribution in [-0.2, 0) is 0 Å². The highest BCUT2D eigenvalue weighted by Gasteiger charge is 2.28. The van der Waals surface area contributed by atoms with E-state index >= 15 is 0 Å². The van der Waals surface area contributed by atoms with Crippen LogP contribution >= 0.6 is 0 Å². The highest BCUT2D eigenvalue weighted by molar-refractivity contribution is 5.41. The van der Waals surface area contributed by atoms with Crippen molar-refractivity contribution in [3.8, 4) is 0 Å². The lowest BCUT2D eigenvalue weighted by atomic mass is 9.94. The number of aromatic nitrogens is 1. The molecule has 0 aliphatic carbocycles. The minimum Gasteiger partial charge on any atom is -0.383 e. The molecule has 4 heteroatoms. The van der Waals surface area contributed by atoms with Gasteiger partial charge < -0.3 is 11.5 Å². The van der Waals surface area contributed by atoms with E-state index in [0.29, 0.717) is 5.56 Å². The third kappa shape index (κ3) is 2.15. The van der Waals surface area contributed by atoms with Gasteiger partial charge in [0.2, 0.25) is 0 Å². The quantitative estimate of drug-likeness (QED) is 0.728. The predicted molar refractivity (Wildman–Crippen MR) is 50.8 cm³/mol. The standard InChI is InChI=1S/C9H14FN3/c1-9(2,12)7(10)6-4-3-5-13-8(6)11/h3-5,7H,12H2,1-2H3,(H2,11,13). The van der Waals surface area contributed by atoms with E-state index in [-0.39, 0.29) is 5.82 Å². The molecular weight excluding hydrogens is 169 g/mol. The van der Waals surface area contributed by atoms with Gasteiger partial charge in [-0.2, -0.15) is 0 Å². The van der Waals surface area contributed by atoms with Crippen molar-refractivity contribution in [1.82, 2.24) is 4.98 Å². The van der Waals surface area contributed by atoms with Gasteiger partial charge in [0.1, 0.15) is 12.0 Å². The maximum absolute atomic E-state index is 13.7. The first-order valence-electron chi connectivity index (χ1n) is 4.06. The minimum absolute atomic E-state index is 0.202. The van der Waals surface area contributed by atoms with Gasteiger partial charge in [0.25, 0.3) is 0 Å². The molecule has 0 spiro atoms. The second-order valence-corrected chi connectivity index (χ2v) is 3.66. The van der Waals surface area contributed by atoms with Crippen molar-refractivity contribution in [1.29, 1.82) is 0 Å². The first-order valence-corrected chi connectivity index (χ1v) is 4.06. The average Bonchev–Trinajstić information content (AvgIpc) is 2.02. The highest BCUT2D eigenvalue weighted by Crippen LogP contribution is 2.29. The van der Waals surface area contributed by atoms with Crippen molar-refractivity contribution in [3.63, 3.8) is 0 Å². The van der Waals surface area contributed by atoms with Crippen LogP contribution in [0.5, 0.6) is 0 Å². The third-order valence-electron chi connectivity index (χ3n) is 1.80. The van der Waals surface area contributed by atoms with Crippen LogP contribution in [-0.4, -0.2) is 10.5 Å². The molecule has 1 aromatic rings. The number of anilines is 1. The van der Waals surface area contributed by atoms with E-state index in [1.165, 1.54) is 6.20 Å². The van der Waals surface area contributed by atoms with Gasteiger partial charge in [0, 0.05) is 17.3 Å². The van der Waals surface area contributed by atoms with E-state index in [2.05, 4.69) is 4.98 Å². The molecule has 0 bridgehead atoms. The Hall–Kier alpha value is -1.16. The van der Waals surface area contributed by atoms with Gasteiger partial charge in [-0.3, -0.25) is 0 Å². The molecule has 1 heterocycles. The van der Waals surface area contributed by atoms with E-state index in [0.717, 1.165) is 0 Å². The lowest BCUT2D eigenvalue weighted by molar-refractivity contribution is 0.224. The summed E-state index contributed by atoms with van der Waals surface area (Å²) in [6.45, 7) is 3.23. The molecular formula is C9H14FN3. The van der Waals surface area contributed by atoms with Crippen molar-refractivity contribution in [2.24, 2.45) is 5.73 Å². The summed E-state index contributed by atoms with van der Waals surface area (Å²) in [6.07, 6.45) is 0.232. The second kappa shape index (κ2) is 3.30. The van der Waals surface area contributed by atoms with E-state index in [1.54, 1.807) is 26.0 Å². The summed E-state index contributed by atoms with van der Waals surface area (Å²) in [5.74, 6) is 0.202. The van der Waals surface area contributed by atoms with E-state index in [9.17, 15) is 4.39 Å². The first kappa shape index (κ1) is 9.92. The summed E-state index contributed by atoms with van der Waals surface area (Å²) in [5.41, 5.74) is 10.6. The zero-order valence-corrected chi connectivity index (χ0v) is 7.79. The number of halogens is 1. The van der Waals surface area contributed by atoms with Gasteiger partial charge in [0.05, 0.1) is 0 Å². The Morgan fingerprint density at radius 3 is 2.62 bits per heavy atom. The van der Waals surface area contributed by atoms with E-state index in [4.69, 9.17) is 11.5 Å². The molecule has 0 saturated carbocycles. The van der Waals surface area contributed by atoms with Crippen molar-refractivity contribution in [2.75, 3.05) is 5.73 Å². The molecule has 0 saturated heterocycles. The SMILES string of the molecule is CC(C)(N)C(F)c1cccnc1N. The van der Waals surface area contributed by atoms with Gasteiger partial charge in [-0.05, 0) is 19.9 Å². The van der Waals surface area contributed by atoms with Crippen molar-refractivity contribution < 1.29 is 4.39 Å². The Morgan fingerprint density at radius 1 is 1.54 bits per heavy atom.